The molecule has 2 aromatic heterocycles. The molecule has 3 aromatic rings. The summed E-state index contributed by atoms with van der Waals surface area (Å²) in [5, 5.41) is 7.59. The third kappa shape index (κ3) is 3.07. The van der Waals surface area contributed by atoms with Gasteiger partial charge in [0.2, 0.25) is 0 Å². The van der Waals surface area contributed by atoms with Crippen LogP contribution < -0.4 is 0 Å². The summed E-state index contributed by atoms with van der Waals surface area (Å²) in [4.78, 5) is 18.9. The van der Waals surface area contributed by atoms with Crippen LogP contribution in [-0.4, -0.2) is 39.1 Å². The lowest BCUT2D eigenvalue weighted by Gasteiger charge is -2.21. The average Bonchev–Trinajstić information content (AvgIpc) is 3.39. The van der Waals surface area contributed by atoms with Crippen LogP contribution >= 0.6 is 0 Å². The molecule has 5 rings (SSSR count). The van der Waals surface area contributed by atoms with E-state index in [1.54, 1.807) is 35.4 Å². The van der Waals surface area contributed by atoms with Crippen molar-refractivity contribution in [2.45, 2.75) is 24.9 Å². The number of pyridine rings is 1. The molecule has 0 radical (unpaired) electrons. The van der Waals surface area contributed by atoms with Crippen LogP contribution in [0.5, 0.6) is 0 Å². The van der Waals surface area contributed by atoms with Gasteiger partial charge in [0.1, 0.15) is 0 Å². The average molecular weight is 400 g/mol. The first kappa shape index (κ1) is 18.1. The summed E-state index contributed by atoms with van der Waals surface area (Å²) in [6.07, 6.45) is -1.37. The Hall–Kier alpha value is -2.90. The van der Waals surface area contributed by atoms with Crippen LogP contribution in [-0.2, 0) is 6.18 Å². The van der Waals surface area contributed by atoms with Crippen molar-refractivity contribution < 1.29 is 18.0 Å². The Morgan fingerprint density at radius 2 is 1.79 bits per heavy atom. The van der Waals surface area contributed by atoms with Gasteiger partial charge in [0.15, 0.2) is 11.3 Å². The number of halogens is 3. The molecule has 8 heteroatoms. The van der Waals surface area contributed by atoms with E-state index in [0.29, 0.717) is 48.2 Å². The molecule has 3 atom stereocenters. The van der Waals surface area contributed by atoms with E-state index in [0.717, 1.165) is 6.07 Å². The lowest BCUT2D eigenvalue weighted by atomic mass is 9.91. The van der Waals surface area contributed by atoms with Crippen molar-refractivity contribution in [3.8, 4) is 0 Å². The molecule has 1 aliphatic heterocycles. The zero-order chi connectivity index (χ0) is 20.2. The first-order valence-corrected chi connectivity index (χ1v) is 9.66. The van der Waals surface area contributed by atoms with Crippen molar-refractivity contribution in [1.29, 1.82) is 0 Å². The van der Waals surface area contributed by atoms with Crippen LogP contribution in [0.15, 0.2) is 42.6 Å². The topological polar surface area (TPSA) is 61.9 Å². The second kappa shape index (κ2) is 6.57. The van der Waals surface area contributed by atoms with Crippen molar-refractivity contribution in [2.24, 2.45) is 11.8 Å². The van der Waals surface area contributed by atoms with Gasteiger partial charge < -0.3 is 4.90 Å². The van der Waals surface area contributed by atoms with E-state index >= 15 is 0 Å². The van der Waals surface area contributed by atoms with Crippen LogP contribution in [0.1, 0.15) is 40.4 Å². The van der Waals surface area contributed by atoms with E-state index in [1.807, 2.05) is 0 Å². The first-order valence-electron chi connectivity index (χ1n) is 9.66. The number of nitrogens with zero attached hydrogens (tertiary/aromatic N) is 3. The van der Waals surface area contributed by atoms with E-state index in [9.17, 15) is 18.0 Å². The number of hydrogen-bond acceptors (Lipinski definition) is 3. The molecular formula is C21H19F3N4O. The summed E-state index contributed by atoms with van der Waals surface area (Å²) in [7, 11) is 0. The molecule has 1 N–H and O–H groups in total. The molecule has 2 aliphatic rings. The van der Waals surface area contributed by atoms with Crippen LogP contribution in [0.3, 0.4) is 0 Å². The number of benzene rings is 1. The first-order chi connectivity index (χ1) is 13.9. The molecule has 1 amide bonds. The molecule has 1 saturated heterocycles. The van der Waals surface area contributed by atoms with Gasteiger partial charge in [-0.2, -0.15) is 18.3 Å². The molecule has 5 nitrogen and oxygen atoms in total. The Labute approximate surface area is 164 Å². The fourth-order valence-electron chi connectivity index (χ4n) is 5.00. The molecular weight excluding hydrogens is 381 g/mol. The van der Waals surface area contributed by atoms with E-state index in [-0.39, 0.29) is 23.7 Å². The fraction of sp³-hybridized carbons (Fsp3) is 0.381. The number of hydrogen-bond donors (Lipinski definition) is 1. The van der Waals surface area contributed by atoms with E-state index in [4.69, 9.17) is 0 Å². The lowest BCUT2D eigenvalue weighted by Crippen LogP contribution is -2.30. The quantitative estimate of drug-likeness (QED) is 0.700. The molecule has 1 aliphatic carbocycles. The number of aromatic nitrogens is 3. The van der Waals surface area contributed by atoms with Gasteiger partial charge in [-0.3, -0.25) is 9.89 Å². The van der Waals surface area contributed by atoms with Crippen molar-refractivity contribution in [1.82, 2.24) is 20.1 Å². The van der Waals surface area contributed by atoms with Crippen LogP contribution in [0.25, 0.3) is 11.0 Å². The van der Waals surface area contributed by atoms with Gasteiger partial charge in [0.05, 0.1) is 10.9 Å². The van der Waals surface area contributed by atoms with E-state index in [2.05, 4.69) is 15.2 Å². The highest BCUT2D eigenvalue weighted by Gasteiger charge is 2.45. The molecule has 1 aromatic carbocycles. The molecule has 1 saturated carbocycles. The van der Waals surface area contributed by atoms with Gasteiger partial charge in [-0.05, 0) is 54.4 Å². The number of alkyl halides is 3. The second-order valence-corrected chi connectivity index (χ2v) is 7.96. The molecule has 0 bridgehead atoms. The molecule has 2 fully saturated rings. The maximum absolute atomic E-state index is 13.4. The van der Waals surface area contributed by atoms with Crippen molar-refractivity contribution >= 4 is 16.9 Å². The van der Waals surface area contributed by atoms with Gasteiger partial charge in [0.25, 0.3) is 5.91 Å². The standard InChI is InChI=1S/C21H19F3N4O/c22-21(23,24)17-6-2-1-4-15(17)12-8-13-10-28(11-14(13)9-12)20(29)18-16-5-3-7-25-19(16)27-26-18/h1-7,12-14H,8-11H2,(H,25,26,27)/t12-,13+,14-. The highest BCUT2D eigenvalue weighted by Crippen LogP contribution is 2.49. The Bertz CT molecular complexity index is 1060. The molecule has 29 heavy (non-hydrogen) atoms. The summed E-state index contributed by atoms with van der Waals surface area (Å²) >= 11 is 0. The number of rotatable bonds is 2. The number of likely N-dealkylation sites (tertiary alicyclic amines) is 1. The molecule has 150 valence electrons. The molecule has 0 unspecified atom stereocenters. The van der Waals surface area contributed by atoms with Crippen LogP contribution in [0.4, 0.5) is 13.2 Å². The minimum absolute atomic E-state index is 0.115. The van der Waals surface area contributed by atoms with E-state index in [1.165, 1.54) is 6.07 Å². The van der Waals surface area contributed by atoms with Gasteiger partial charge in [-0.15, -0.1) is 0 Å². The SMILES string of the molecule is O=C(c1n[nH]c2ncccc12)N1C[C@H]2C[C@H](c3ccccc3C(F)(F)F)C[C@H]2C1. The predicted octanol–water partition coefficient (Wildman–Crippen LogP) is 4.24. The summed E-state index contributed by atoms with van der Waals surface area (Å²) < 4.78 is 40.1. The smallest absolute Gasteiger partial charge is 0.337 e. The summed E-state index contributed by atoms with van der Waals surface area (Å²) in [6.45, 7) is 1.12. The number of fused-ring (bicyclic) bond motifs is 2. The maximum Gasteiger partial charge on any atom is 0.416 e. The number of amides is 1. The third-order valence-corrected chi connectivity index (χ3v) is 6.28. The van der Waals surface area contributed by atoms with Crippen LogP contribution in [0, 0.1) is 11.8 Å². The Kier molecular flexibility index (Phi) is 4.11. The fourth-order valence-corrected chi connectivity index (χ4v) is 5.00. The Morgan fingerprint density at radius 1 is 1.07 bits per heavy atom. The van der Waals surface area contributed by atoms with Gasteiger partial charge in [-0.1, -0.05) is 18.2 Å². The highest BCUT2D eigenvalue weighted by molar-refractivity contribution is 6.03. The Morgan fingerprint density at radius 3 is 2.52 bits per heavy atom. The number of carbonyl (C=O) groups excluding carboxylic acids is 1. The largest absolute Gasteiger partial charge is 0.416 e. The molecule has 3 heterocycles. The van der Waals surface area contributed by atoms with Crippen molar-refractivity contribution in [3.05, 3.63) is 59.4 Å². The van der Waals surface area contributed by atoms with Crippen molar-refractivity contribution in [3.63, 3.8) is 0 Å². The van der Waals surface area contributed by atoms with Gasteiger partial charge in [-0.25, -0.2) is 4.98 Å². The summed E-state index contributed by atoms with van der Waals surface area (Å²) in [5.74, 6) is 0.170. The second-order valence-electron chi connectivity index (χ2n) is 7.96. The summed E-state index contributed by atoms with van der Waals surface area (Å²) in [5.41, 5.74) is 0.774. The lowest BCUT2D eigenvalue weighted by molar-refractivity contribution is -0.138. The monoisotopic (exact) mass is 400 g/mol. The predicted molar refractivity (Wildman–Crippen MR) is 100 cm³/mol. The van der Waals surface area contributed by atoms with Crippen LogP contribution in [0.2, 0.25) is 0 Å². The number of H-pyrrole nitrogens is 1. The normalized spacial score (nSPS) is 24.2. The maximum atomic E-state index is 13.4. The number of carbonyl (C=O) groups is 1. The van der Waals surface area contributed by atoms with Crippen molar-refractivity contribution in [2.75, 3.05) is 13.1 Å². The Balaban J connectivity index is 1.33. The minimum atomic E-state index is -4.34. The third-order valence-electron chi connectivity index (χ3n) is 6.28. The summed E-state index contributed by atoms with van der Waals surface area (Å²) in [6, 6.07) is 9.43. The highest BCUT2D eigenvalue weighted by atomic mass is 19.4. The molecule has 0 spiro atoms. The number of nitrogens with one attached hydrogen (secondary N) is 1. The van der Waals surface area contributed by atoms with Gasteiger partial charge in [0, 0.05) is 19.3 Å². The van der Waals surface area contributed by atoms with Gasteiger partial charge >= 0.3 is 6.18 Å². The zero-order valence-electron chi connectivity index (χ0n) is 15.5. The minimum Gasteiger partial charge on any atom is -0.337 e. The van der Waals surface area contributed by atoms with E-state index < -0.39 is 11.7 Å². The zero-order valence-corrected chi connectivity index (χ0v) is 15.5. The number of aromatic amines is 1.